The molecule has 26 heavy (non-hydrogen) atoms. The third-order valence-electron chi connectivity index (χ3n) is 4.35. The van der Waals surface area contributed by atoms with Crippen LogP contribution in [0.5, 0.6) is 0 Å². The summed E-state index contributed by atoms with van der Waals surface area (Å²) in [6.07, 6.45) is -0.439. The van der Waals surface area contributed by atoms with E-state index in [9.17, 15) is 19.1 Å². The first-order valence-electron chi connectivity index (χ1n) is 8.78. The van der Waals surface area contributed by atoms with Crippen molar-refractivity contribution in [3.05, 3.63) is 35.6 Å². The third-order valence-corrected chi connectivity index (χ3v) is 4.35. The van der Waals surface area contributed by atoms with Crippen LogP contribution in [0.25, 0.3) is 0 Å². The second-order valence-corrected chi connectivity index (χ2v) is 7.68. The zero-order valence-corrected chi connectivity index (χ0v) is 15.7. The van der Waals surface area contributed by atoms with Gasteiger partial charge in [-0.3, -0.25) is 9.69 Å². The maximum atomic E-state index is 13.2. The van der Waals surface area contributed by atoms with Crippen molar-refractivity contribution in [2.45, 2.75) is 51.8 Å². The Bertz CT molecular complexity index is 642. The Balaban J connectivity index is 2.11. The lowest BCUT2D eigenvalue weighted by Gasteiger charge is -2.43. The summed E-state index contributed by atoms with van der Waals surface area (Å²) in [7, 11) is 0. The van der Waals surface area contributed by atoms with Gasteiger partial charge in [-0.15, -0.1) is 0 Å². The smallest absolute Gasteiger partial charge is 0.410 e. The topological polar surface area (TPSA) is 70.1 Å². The number of nitrogens with zero attached hydrogens (tertiary/aromatic N) is 2. The minimum atomic E-state index is -0.915. The highest BCUT2D eigenvalue weighted by atomic mass is 19.1. The lowest BCUT2D eigenvalue weighted by atomic mass is 10.00. The Morgan fingerprint density at radius 1 is 1.27 bits per heavy atom. The Hall–Kier alpha value is -2.15. The van der Waals surface area contributed by atoms with Gasteiger partial charge in [0.2, 0.25) is 0 Å². The number of piperazine rings is 1. The van der Waals surface area contributed by atoms with Gasteiger partial charge in [-0.05, 0) is 45.4 Å². The Kier molecular flexibility index (Phi) is 6.23. The van der Waals surface area contributed by atoms with Gasteiger partial charge in [-0.1, -0.05) is 12.1 Å². The second-order valence-electron chi connectivity index (χ2n) is 7.68. The summed E-state index contributed by atoms with van der Waals surface area (Å²) < 4.78 is 18.6. The number of ether oxygens (including phenoxy) is 1. The summed E-state index contributed by atoms with van der Waals surface area (Å²) in [4.78, 5) is 27.4. The maximum Gasteiger partial charge on any atom is 0.410 e. The maximum absolute atomic E-state index is 13.2. The van der Waals surface area contributed by atoms with Gasteiger partial charge in [0, 0.05) is 31.7 Å². The highest BCUT2D eigenvalue weighted by Crippen LogP contribution is 2.28. The van der Waals surface area contributed by atoms with E-state index in [1.807, 2.05) is 32.6 Å². The molecule has 1 aliphatic heterocycles. The molecule has 6 nitrogen and oxygen atoms in total. The summed E-state index contributed by atoms with van der Waals surface area (Å²) >= 11 is 0. The average Bonchev–Trinajstić information content (AvgIpc) is 2.51. The van der Waals surface area contributed by atoms with Gasteiger partial charge in [0.25, 0.3) is 0 Å². The quantitative estimate of drug-likeness (QED) is 0.885. The highest BCUT2D eigenvalue weighted by molar-refractivity contribution is 5.69. The van der Waals surface area contributed by atoms with Gasteiger partial charge >= 0.3 is 12.1 Å². The molecule has 2 unspecified atom stereocenters. The summed E-state index contributed by atoms with van der Waals surface area (Å²) in [6.45, 7) is 8.88. The van der Waals surface area contributed by atoms with Crippen LogP contribution in [0.15, 0.2) is 24.3 Å². The Labute approximate surface area is 153 Å². The molecule has 2 atom stereocenters. The van der Waals surface area contributed by atoms with Crippen LogP contribution in [0, 0.1) is 5.82 Å². The monoisotopic (exact) mass is 366 g/mol. The van der Waals surface area contributed by atoms with Crippen LogP contribution in [-0.4, -0.2) is 58.2 Å². The zero-order chi connectivity index (χ0) is 19.5. The number of hydrogen-bond donors (Lipinski definition) is 1. The lowest BCUT2D eigenvalue weighted by Crippen LogP contribution is -2.55. The molecule has 1 amide bonds. The lowest BCUT2D eigenvalue weighted by molar-refractivity contribution is -0.138. The minimum absolute atomic E-state index is 0.0786. The van der Waals surface area contributed by atoms with E-state index in [1.165, 1.54) is 12.1 Å². The molecule has 144 valence electrons. The van der Waals surface area contributed by atoms with Crippen molar-refractivity contribution in [3.63, 3.8) is 0 Å². The number of carbonyl (C=O) groups is 2. The van der Waals surface area contributed by atoms with Crippen molar-refractivity contribution in [1.82, 2.24) is 9.80 Å². The molecular formula is C19H27FN2O4. The van der Waals surface area contributed by atoms with Gasteiger partial charge < -0.3 is 14.7 Å². The van der Waals surface area contributed by atoms with E-state index >= 15 is 0 Å². The Morgan fingerprint density at radius 3 is 2.38 bits per heavy atom. The molecule has 1 saturated heterocycles. The van der Waals surface area contributed by atoms with Crippen molar-refractivity contribution in [2.75, 3.05) is 19.6 Å². The Morgan fingerprint density at radius 2 is 1.88 bits per heavy atom. The van der Waals surface area contributed by atoms with E-state index in [-0.39, 0.29) is 30.4 Å². The third kappa shape index (κ3) is 5.42. The van der Waals surface area contributed by atoms with Gasteiger partial charge in [0.1, 0.15) is 11.4 Å². The van der Waals surface area contributed by atoms with Crippen molar-refractivity contribution >= 4 is 12.1 Å². The zero-order valence-electron chi connectivity index (χ0n) is 15.7. The molecule has 0 radical (unpaired) electrons. The number of hydrogen-bond acceptors (Lipinski definition) is 4. The van der Waals surface area contributed by atoms with E-state index in [0.717, 1.165) is 5.56 Å². The molecule has 0 spiro atoms. The number of aliphatic carboxylic acids is 1. The highest BCUT2D eigenvalue weighted by Gasteiger charge is 2.34. The van der Waals surface area contributed by atoms with Crippen LogP contribution in [0.1, 0.15) is 45.7 Å². The first-order chi connectivity index (χ1) is 12.1. The van der Waals surface area contributed by atoms with E-state index < -0.39 is 11.6 Å². The molecule has 1 aliphatic rings. The molecule has 0 aliphatic carbocycles. The molecule has 1 N–H and O–H groups in total. The normalized spacial score (nSPS) is 19.9. The van der Waals surface area contributed by atoms with E-state index in [1.54, 1.807) is 17.0 Å². The number of carboxylic acids is 1. The first kappa shape index (κ1) is 20.2. The largest absolute Gasteiger partial charge is 0.481 e. The second kappa shape index (κ2) is 8.03. The van der Waals surface area contributed by atoms with Crippen molar-refractivity contribution in [3.8, 4) is 0 Å². The van der Waals surface area contributed by atoms with Crippen molar-refractivity contribution in [2.24, 2.45) is 0 Å². The van der Waals surface area contributed by atoms with Crippen LogP contribution in [-0.2, 0) is 9.53 Å². The van der Waals surface area contributed by atoms with E-state index in [4.69, 9.17) is 4.74 Å². The van der Waals surface area contributed by atoms with Gasteiger partial charge in [-0.2, -0.15) is 0 Å². The number of carbonyl (C=O) groups excluding carboxylic acids is 1. The molecule has 1 heterocycles. The molecule has 7 heteroatoms. The molecule has 0 bridgehead atoms. The van der Waals surface area contributed by atoms with E-state index in [0.29, 0.717) is 19.6 Å². The van der Waals surface area contributed by atoms with E-state index in [2.05, 4.69) is 0 Å². The summed E-state index contributed by atoms with van der Waals surface area (Å²) in [6, 6.07) is 5.43. The van der Waals surface area contributed by atoms with Crippen molar-refractivity contribution in [1.29, 1.82) is 0 Å². The molecule has 1 fully saturated rings. The molecule has 2 rings (SSSR count). The first-order valence-corrected chi connectivity index (χ1v) is 8.78. The van der Waals surface area contributed by atoms with Crippen LogP contribution in [0.2, 0.25) is 0 Å². The number of rotatable bonds is 4. The molecule has 0 saturated carbocycles. The summed E-state index contributed by atoms with van der Waals surface area (Å²) in [5.74, 6) is -1.27. The standard InChI is InChI=1S/C19H27FN2O4/c1-13-12-21(9-10-22(13)18(25)26-19(2,3)4)16(11-17(23)24)14-5-7-15(20)8-6-14/h5-8,13,16H,9-12H2,1-4H3,(H,23,24). The van der Waals surface area contributed by atoms with Crippen molar-refractivity contribution < 1.29 is 23.8 Å². The summed E-state index contributed by atoms with van der Waals surface area (Å²) in [5.41, 5.74) is 0.195. The predicted octanol–water partition coefficient (Wildman–Crippen LogP) is 3.28. The van der Waals surface area contributed by atoms with Crippen LogP contribution < -0.4 is 0 Å². The van der Waals surface area contributed by atoms with Crippen LogP contribution in [0.4, 0.5) is 9.18 Å². The van der Waals surface area contributed by atoms with Gasteiger partial charge in [0.05, 0.1) is 6.42 Å². The average molecular weight is 366 g/mol. The number of amides is 1. The predicted molar refractivity (Wildman–Crippen MR) is 95.4 cm³/mol. The minimum Gasteiger partial charge on any atom is -0.481 e. The number of carboxylic acid groups (broad SMARTS) is 1. The molecule has 0 aromatic heterocycles. The molecule has 1 aromatic carbocycles. The molecule has 1 aromatic rings. The van der Waals surface area contributed by atoms with Gasteiger partial charge in [-0.25, -0.2) is 9.18 Å². The van der Waals surface area contributed by atoms with Gasteiger partial charge in [0.15, 0.2) is 0 Å². The fourth-order valence-electron chi connectivity index (χ4n) is 3.17. The molecular weight excluding hydrogens is 339 g/mol. The SMILES string of the molecule is CC1CN(C(CC(=O)O)c2ccc(F)cc2)CCN1C(=O)OC(C)(C)C. The number of benzene rings is 1. The van der Waals surface area contributed by atoms with Crippen LogP contribution in [0.3, 0.4) is 0 Å². The fourth-order valence-corrected chi connectivity index (χ4v) is 3.17. The summed E-state index contributed by atoms with van der Waals surface area (Å²) in [5, 5.41) is 9.28. The fraction of sp³-hybridized carbons (Fsp3) is 0.579. The van der Waals surface area contributed by atoms with Crippen LogP contribution >= 0.6 is 0 Å². The number of halogens is 1.